The van der Waals surface area contributed by atoms with Crippen molar-refractivity contribution in [3.8, 4) is 0 Å². The molecule has 0 saturated heterocycles. The second kappa shape index (κ2) is 7.49. The molecule has 3 nitrogen and oxygen atoms in total. The molecule has 1 amide bonds. The van der Waals surface area contributed by atoms with Gasteiger partial charge in [-0.15, -0.1) is 6.58 Å². The molecule has 0 bridgehead atoms. The van der Waals surface area contributed by atoms with E-state index in [1.165, 1.54) is 12.8 Å². The summed E-state index contributed by atoms with van der Waals surface area (Å²) >= 11 is 0. The highest BCUT2D eigenvalue weighted by Gasteiger charge is 2.28. The molecule has 0 aromatic heterocycles. The number of hydrogen-bond donors (Lipinski definition) is 1. The van der Waals surface area contributed by atoms with Gasteiger partial charge in [0.05, 0.1) is 0 Å². The average molecular weight is 238 g/mol. The molecule has 17 heavy (non-hydrogen) atoms. The van der Waals surface area contributed by atoms with Gasteiger partial charge in [0.2, 0.25) is 5.91 Å². The first-order valence-electron chi connectivity index (χ1n) is 6.82. The van der Waals surface area contributed by atoms with E-state index >= 15 is 0 Å². The summed E-state index contributed by atoms with van der Waals surface area (Å²) in [6.45, 7) is 10.2. The van der Waals surface area contributed by atoms with Crippen LogP contribution in [0.5, 0.6) is 0 Å². The van der Waals surface area contributed by atoms with Crippen LogP contribution in [0.4, 0.5) is 0 Å². The molecule has 0 aromatic carbocycles. The Kier molecular flexibility index (Phi) is 6.27. The van der Waals surface area contributed by atoms with Gasteiger partial charge in [0, 0.05) is 25.0 Å². The predicted molar refractivity (Wildman–Crippen MR) is 71.9 cm³/mol. The van der Waals surface area contributed by atoms with Crippen LogP contribution in [0.2, 0.25) is 0 Å². The Morgan fingerprint density at radius 2 is 2.18 bits per heavy atom. The van der Waals surface area contributed by atoms with E-state index in [1.807, 2.05) is 17.9 Å². The lowest BCUT2D eigenvalue weighted by molar-refractivity contribution is -0.136. The number of rotatable bonds is 7. The number of carbonyl (C=O) groups is 1. The SMILES string of the molecule is C=CCN(C(=O)C(C)CNCC)C1CCCC1. The van der Waals surface area contributed by atoms with Crippen molar-refractivity contribution in [2.45, 2.75) is 45.6 Å². The van der Waals surface area contributed by atoms with E-state index in [0.29, 0.717) is 12.6 Å². The monoisotopic (exact) mass is 238 g/mol. The van der Waals surface area contributed by atoms with Gasteiger partial charge in [-0.2, -0.15) is 0 Å². The van der Waals surface area contributed by atoms with Crippen molar-refractivity contribution in [3.05, 3.63) is 12.7 Å². The van der Waals surface area contributed by atoms with Gasteiger partial charge in [-0.1, -0.05) is 32.8 Å². The average Bonchev–Trinajstić information content (AvgIpc) is 2.85. The van der Waals surface area contributed by atoms with Crippen LogP contribution in [0.25, 0.3) is 0 Å². The maximum Gasteiger partial charge on any atom is 0.227 e. The molecule has 0 spiro atoms. The number of nitrogens with zero attached hydrogens (tertiary/aromatic N) is 1. The number of hydrogen-bond acceptors (Lipinski definition) is 2. The van der Waals surface area contributed by atoms with Crippen molar-refractivity contribution in [2.75, 3.05) is 19.6 Å². The summed E-state index contributed by atoms with van der Waals surface area (Å²) in [4.78, 5) is 14.4. The lowest BCUT2D eigenvalue weighted by Crippen LogP contribution is -2.44. The molecule has 1 unspecified atom stereocenters. The third-order valence-electron chi connectivity index (χ3n) is 3.50. The molecule has 0 aliphatic heterocycles. The Morgan fingerprint density at radius 1 is 1.53 bits per heavy atom. The molecule has 0 heterocycles. The molecule has 3 heteroatoms. The van der Waals surface area contributed by atoms with Crippen LogP contribution in [-0.4, -0.2) is 36.5 Å². The number of nitrogens with one attached hydrogen (secondary N) is 1. The molecular weight excluding hydrogens is 212 g/mol. The van der Waals surface area contributed by atoms with E-state index in [1.54, 1.807) is 0 Å². The zero-order valence-electron chi connectivity index (χ0n) is 11.2. The van der Waals surface area contributed by atoms with Gasteiger partial charge < -0.3 is 10.2 Å². The second-order valence-electron chi connectivity index (χ2n) is 4.93. The summed E-state index contributed by atoms with van der Waals surface area (Å²) in [5.41, 5.74) is 0. The van der Waals surface area contributed by atoms with E-state index in [9.17, 15) is 4.79 Å². The Balaban J connectivity index is 2.55. The van der Waals surface area contributed by atoms with Crippen molar-refractivity contribution in [1.29, 1.82) is 0 Å². The fourth-order valence-electron chi connectivity index (χ4n) is 2.51. The molecule has 1 saturated carbocycles. The molecule has 0 radical (unpaired) electrons. The maximum absolute atomic E-state index is 12.4. The van der Waals surface area contributed by atoms with Crippen LogP contribution in [0.1, 0.15) is 39.5 Å². The van der Waals surface area contributed by atoms with Crippen molar-refractivity contribution >= 4 is 5.91 Å². The van der Waals surface area contributed by atoms with Gasteiger partial charge in [-0.05, 0) is 19.4 Å². The highest BCUT2D eigenvalue weighted by Crippen LogP contribution is 2.24. The van der Waals surface area contributed by atoms with E-state index in [-0.39, 0.29) is 11.8 Å². The highest BCUT2D eigenvalue weighted by molar-refractivity contribution is 5.79. The van der Waals surface area contributed by atoms with Gasteiger partial charge in [0.15, 0.2) is 0 Å². The zero-order valence-corrected chi connectivity index (χ0v) is 11.2. The maximum atomic E-state index is 12.4. The Hall–Kier alpha value is -0.830. The smallest absolute Gasteiger partial charge is 0.227 e. The largest absolute Gasteiger partial charge is 0.336 e. The van der Waals surface area contributed by atoms with Gasteiger partial charge in [0.25, 0.3) is 0 Å². The summed E-state index contributed by atoms with van der Waals surface area (Å²) in [5.74, 6) is 0.341. The molecule has 1 aliphatic rings. The Labute approximate surface area is 105 Å². The van der Waals surface area contributed by atoms with Crippen molar-refractivity contribution in [1.82, 2.24) is 10.2 Å². The second-order valence-corrected chi connectivity index (χ2v) is 4.93. The molecule has 1 aliphatic carbocycles. The van der Waals surface area contributed by atoms with Crippen LogP contribution in [0.15, 0.2) is 12.7 Å². The van der Waals surface area contributed by atoms with Crippen LogP contribution in [0.3, 0.4) is 0 Å². The zero-order chi connectivity index (χ0) is 12.7. The molecule has 1 fully saturated rings. The molecule has 0 aromatic rings. The fourth-order valence-corrected chi connectivity index (χ4v) is 2.51. The molecule has 1 atom stereocenters. The Bertz CT molecular complexity index is 247. The highest BCUT2D eigenvalue weighted by atomic mass is 16.2. The minimum Gasteiger partial charge on any atom is -0.336 e. The van der Waals surface area contributed by atoms with Gasteiger partial charge in [0.1, 0.15) is 0 Å². The summed E-state index contributed by atoms with van der Waals surface area (Å²) < 4.78 is 0. The first-order chi connectivity index (χ1) is 8.20. The van der Waals surface area contributed by atoms with Gasteiger partial charge in [-0.25, -0.2) is 0 Å². The van der Waals surface area contributed by atoms with E-state index in [4.69, 9.17) is 0 Å². The molecule has 98 valence electrons. The third kappa shape index (κ3) is 4.15. The van der Waals surface area contributed by atoms with Crippen molar-refractivity contribution in [3.63, 3.8) is 0 Å². The molecule has 1 rings (SSSR count). The van der Waals surface area contributed by atoms with Crippen LogP contribution in [-0.2, 0) is 4.79 Å². The van der Waals surface area contributed by atoms with E-state index in [2.05, 4.69) is 18.8 Å². The summed E-state index contributed by atoms with van der Waals surface area (Å²) in [6.07, 6.45) is 6.68. The van der Waals surface area contributed by atoms with Crippen LogP contribution < -0.4 is 5.32 Å². The topological polar surface area (TPSA) is 32.3 Å². The first-order valence-corrected chi connectivity index (χ1v) is 6.82. The number of amides is 1. The van der Waals surface area contributed by atoms with Crippen molar-refractivity contribution < 1.29 is 4.79 Å². The van der Waals surface area contributed by atoms with Crippen LogP contribution >= 0.6 is 0 Å². The fraction of sp³-hybridized carbons (Fsp3) is 0.786. The third-order valence-corrected chi connectivity index (χ3v) is 3.50. The normalized spacial score (nSPS) is 18.0. The summed E-state index contributed by atoms with van der Waals surface area (Å²) in [6, 6.07) is 0.449. The minimum atomic E-state index is 0.0653. The predicted octanol–water partition coefficient (Wildman–Crippen LogP) is 2.19. The lowest BCUT2D eigenvalue weighted by Gasteiger charge is -2.30. The van der Waals surface area contributed by atoms with Crippen molar-refractivity contribution in [2.24, 2.45) is 5.92 Å². The van der Waals surface area contributed by atoms with E-state index < -0.39 is 0 Å². The van der Waals surface area contributed by atoms with E-state index in [0.717, 1.165) is 25.9 Å². The standard InChI is InChI=1S/C14H26N2O/c1-4-10-16(13-8-6-7-9-13)14(17)12(3)11-15-5-2/h4,12-13,15H,1,5-11H2,2-3H3. The molecule has 1 N–H and O–H groups in total. The summed E-state index contributed by atoms with van der Waals surface area (Å²) in [5, 5.41) is 3.24. The Morgan fingerprint density at radius 3 is 2.71 bits per heavy atom. The summed E-state index contributed by atoms with van der Waals surface area (Å²) in [7, 11) is 0. The lowest BCUT2D eigenvalue weighted by atomic mass is 10.1. The first kappa shape index (κ1) is 14.2. The number of carbonyl (C=O) groups excluding carboxylic acids is 1. The molecular formula is C14H26N2O. The van der Waals surface area contributed by atoms with Gasteiger partial charge >= 0.3 is 0 Å². The van der Waals surface area contributed by atoms with Gasteiger partial charge in [-0.3, -0.25) is 4.79 Å². The van der Waals surface area contributed by atoms with Crippen LogP contribution in [0, 0.1) is 5.92 Å². The quantitative estimate of drug-likeness (QED) is 0.690. The minimum absolute atomic E-state index is 0.0653.